The molecule has 0 fully saturated rings. The van der Waals surface area contributed by atoms with Crippen LogP contribution < -0.4 is 5.32 Å². The van der Waals surface area contributed by atoms with E-state index in [0.29, 0.717) is 12.8 Å². The Bertz CT molecular complexity index is 902. The highest BCUT2D eigenvalue weighted by Crippen LogP contribution is 2.19. The van der Waals surface area contributed by atoms with Crippen molar-refractivity contribution in [2.45, 2.75) is 366 Å². The van der Waals surface area contributed by atoms with Crippen molar-refractivity contribution in [1.82, 2.24) is 5.32 Å². The van der Waals surface area contributed by atoms with Gasteiger partial charge in [0.2, 0.25) is 5.91 Å². The molecule has 0 saturated carbocycles. The lowest BCUT2D eigenvalue weighted by molar-refractivity contribution is -0.132. The van der Waals surface area contributed by atoms with Crippen LogP contribution in [0.5, 0.6) is 0 Å². The van der Waals surface area contributed by atoms with E-state index in [-0.39, 0.29) is 0 Å². The molecule has 0 aromatic heterocycles. The van der Waals surface area contributed by atoms with Gasteiger partial charge in [-0.1, -0.05) is 328 Å². The van der Waals surface area contributed by atoms with Crippen molar-refractivity contribution in [1.29, 1.82) is 0 Å². The molecule has 0 aliphatic rings. The molecule has 6 heteroatoms. The van der Waals surface area contributed by atoms with E-state index in [1.165, 1.54) is 276 Å². The largest absolute Gasteiger partial charge is 0.394 e. The van der Waals surface area contributed by atoms with Gasteiger partial charge >= 0.3 is 0 Å². The van der Waals surface area contributed by atoms with Crippen LogP contribution in [-0.2, 0) is 4.79 Å². The SMILES string of the molecule is CCCCCCCCCCCCCCCCCCCCCCCCCCCCCCCCCCC(O)C(O)C(CO)NC(=O)C(O)CCCCCCCCCCCCCCCCCCC. The second-order valence-corrected chi connectivity index (χ2v) is 21.1. The van der Waals surface area contributed by atoms with Crippen LogP contribution >= 0.6 is 0 Å². The third kappa shape index (κ3) is 48.1. The number of carbonyl (C=O) groups excluding carboxylic acids is 1. The predicted molar refractivity (Wildman–Crippen MR) is 284 cm³/mol. The average molecular weight is 923 g/mol. The first-order chi connectivity index (χ1) is 32.0. The minimum Gasteiger partial charge on any atom is -0.394 e. The van der Waals surface area contributed by atoms with E-state index in [1.807, 2.05) is 0 Å². The monoisotopic (exact) mass is 922 g/mol. The summed E-state index contributed by atoms with van der Waals surface area (Å²) in [5.41, 5.74) is 0. The van der Waals surface area contributed by atoms with Crippen molar-refractivity contribution in [2.75, 3.05) is 6.61 Å². The smallest absolute Gasteiger partial charge is 0.249 e. The number of amides is 1. The molecule has 4 atom stereocenters. The van der Waals surface area contributed by atoms with E-state index < -0.39 is 36.9 Å². The van der Waals surface area contributed by atoms with Crippen molar-refractivity contribution in [3.05, 3.63) is 0 Å². The highest BCUT2D eigenvalue weighted by Gasteiger charge is 2.28. The van der Waals surface area contributed by atoms with Crippen LogP contribution in [0.1, 0.15) is 341 Å². The average Bonchev–Trinajstić information content (AvgIpc) is 3.31. The molecule has 65 heavy (non-hydrogen) atoms. The van der Waals surface area contributed by atoms with Gasteiger partial charge in [0.05, 0.1) is 18.8 Å². The highest BCUT2D eigenvalue weighted by atomic mass is 16.3. The van der Waals surface area contributed by atoms with Gasteiger partial charge in [-0.3, -0.25) is 4.79 Å². The molecule has 0 aromatic carbocycles. The first kappa shape index (κ1) is 64.3. The maximum absolute atomic E-state index is 12.6. The van der Waals surface area contributed by atoms with E-state index in [0.717, 1.165) is 38.5 Å². The van der Waals surface area contributed by atoms with Gasteiger partial charge in [-0.05, 0) is 12.8 Å². The zero-order chi connectivity index (χ0) is 47.4. The molecule has 0 aliphatic heterocycles. The van der Waals surface area contributed by atoms with E-state index in [2.05, 4.69) is 19.2 Å². The molecule has 5 N–H and O–H groups in total. The Labute approximate surface area is 407 Å². The van der Waals surface area contributed by atoms with Crippen molar-refractivity contribution in [2.24, 2.45) is 0 Å². The fourth-order valence-electron chi connectivity index (χ4n) is 9.88. The molecule has 390 valence electrons. The Morgan fingerprint density at radius 3 is 0.738 bits per heavy atom. The molecule has 0 aliphatic carbocycles. The molecular weight excluding hydrogens is 803 g/mol. The molecule has 0 saturated heterocycles. The fourth-order valence-corrected chi connectivity index (χ4v) is 9.88. The van der Waals surface area contributed by atoms with Gasteiger partial charge < -0.3 is 25.7 Å². The minimum absolute atomic E-state index is 0.376. The lowest BCUT2D eigenvalue weighted by Crippen LogP contribution is -2.53. The lowest BCUT2D eigenvalue weighted by atomic mass is 9.99. The fraction of sp³-hybridized carbons (Fsp3) is 0.983. The van der Waals surface area contributed by atoms with Gasteiger partial charge in [0.25, 0.3) is 0 Å². The molecule has 0 aromatic rings. The Morgan fingerprint density at radius 1 is 0.323 bits per heavy atom. The van der Waals surface area contributed by atoms with E-state index in [4.69, 9.17) is 0 Å². The van der Waals surface area contributed by atoms with Crippen molar-refractivity contribution in [3.8, 4) is 0 Å². The molecule has 0 rings (SSSR count). The number of hydrogen-bond acceptors (Lipinski definition) is 5. The summed E-state index contributed by atoms with van der Waals surface area (Å²) >= 11 is 0. The zero-order valence-electron chi connectivity index (χ0n) is 44.3. The summed E-state index contributed by atoms with van der Waals surface area (Å²) in [7, 11) is 0. The second kappa shape index (κ2) is 54.3. The summed E-state index contributed by atoms with van der Waals surface area (Å²) in [6.07, 6.45) is 63.3. The number of unbranched alkanes of at least 4 members (excludes halogenated alkanes) is 47. The summed E-state index contributed by atoms with van der Waals surface area (Å²) in [5.74, 6) is -0.576. The number of nitrogens with one attached hydrogen (secondary N) is 1. The summed E-state index contributed by atoms with van der Waals surface area (Å²) in [6.45, 7) is 4.10. The Balaban J connectivity index is 3.52. The van der Waals surface area contributed by atoms with Gasteiger partial charge in [0.1, 0.15) is 12.2 Å². The van der Waals surface area contributed by atoms with Crippen molar-refractivity contribution < 1.29 is 25.2 Å². The Hall–Kier alpha value is -0.690. The van der Waals surface area contributed by atoms with E-state index in [1.54, 1.807) is 0 Å². The van der Waals surface area contributed by atoms with Crippen LogP contribution in [0.3, 0.4) is 0 Å². The van der Waals surface area contributed by atoms with Crippen LogP contribution in [0.15, 0.2) is 0 Å². The number of aliphatic hydroxyl groups excluding tert-OH is 4. The molecule has 0 heterocycles. The van der Waals surface area contributed by atoms with Gasteiger partial charge in [-0.15, -0.1) is 0 Å². The Morgan fingerprint density at radius 2 is 0.523 bits per heavy atom. The quantitative estimate of drug-likeness (QED) is 0.0390. The molecule has 0 bridgehead atoms. The first-order valence-electron chi connectivity index (χ1n) is 29.9. The summed E-state index contributed by atoms with van der Waals surface area (Å²) in [6, 6.07) is -0.981. The molecular formula is C59H119NO5. The standard InChI is InChI=1S/C59H119NO5/c1-3-5-7-9-11-13-15-17-19-21-22-23-24-25-26-27-28-29-30-31-32-33-34-35-37-38-40-42-44-46-48-50-52-56(62)58(64)55(54-61)60-59(65)57(63)53-51-49-47-45-43-41-39-36-20-18-16-14-12-10-8-6-4-2/h55-58,61-64H,3-54H2,1-2H3,(H,60,65). The van der Waals surface area contributed by atoms with Gasteiger partial charge in [-0.25, -0.2) is 0 Å². The van der Waals surface area contributed by atoms with Crippen LogP contribution in [0.2, 0.25) is 0 Å². The third-order valence-electron chi connectivity index (χ3n) is 14.6. The number of rotatable bonds is 56. The van der Waals surface area contributed by atoms with E-state index >= 15 is 0 Å². The van der Waals surface area contributed by atoms with Crippen LogP contribution in [0.4, 0.5) is 0 Å². The second-order valence-electron chi connectivity index (χ2n) is 21.1. The molecule has 6 nitrogen and oxygen atoms in total. The van der Waals surface area contributed by atoms with Crippen molar-refractivity contribution in [3.63, 3.8) is 0 Å². The number of carbonyl (C=O) groups is 1. The van der Waals surface area contributed by atoms with Gasteiger partial charge in [0, 0.05) is 0 Å². The summed E-state index contributed by atoms with van der Waals surface area (Å²) in [5, 5.41) is 44.0. The summed E-state index contributed by atoms with van der Waals surface area (Å²) < 4.78 is 0. The number of aliphatic hydroxyl groups is 4. The van der Waals surface area contributed by atoms with Gasteiger partial charge in [0.15, 0.2) is 0 Å². The Kier molecular flexibility index (Phi) is 53.7. The van der Waals surface area contributed by atoms with E-state index in [9.17, 15) is 25.2 Å². The molecule has 1 amide bonds. The zero-order valence-corrected chi connectivity index (χ0v) is 44.3. The predicted octanol–water partition coefficient (Wildman–Crippen LogP) is 17.5. The molecule has 4 unspecified atom stereocenters. The normalized spacial score (nSPS) is 13.6. The van der Waals surface area contributed by atoms with Crippen molar-refractivity contribution >= 4 is 5.91 Å². The maximum Gasteiger partial charge on any atom is 0.249 e. The molecule has 0 spiro atoms. The maximum atomic E-state index is 12.6. The lowest BCUT2D eigenvalue weighted by Gasteiger charge is -2.27. The molecule has 0 radical (unpaired) electrons. The van der Waals surface area contributed by atoms with Crippen LogP contribution in [0, 0.1) is 0 Å². The first-order valence-corrected chi connectivity index (χ1v) is 29.9. The topological polar surface area (TPSA) is 110 Å². The van der Waals surface area contributed by atoms with Gasteiger partial charge in [-0.2, -0.15) is 0 Å². The third-order valence-corrected chi connectivity index (χ3v) is 14.6. The highest BCUT2D eigenvalue weighted by molar-refractivity contribution is 5.80. The number of hydrogen-bond donors (Lipinski definition) is 5. The minimum atomic E-state index is -1.25. The summed E-state index contributed by atoms with van der Waals surface area (Å²) in [4.78, 5) is 12.6. The van der Waals surface area contributed by atoms with Crippen LogP contribution in [0.25, 0.3) is 0 Å². The van der Waals surface area contributed by atoms with Crippen LogP contribution in [-0.4, -0.2) is 57.3 Å².